The topological polar surface area (TPSA) is 61.9 Å². The zero-order valence-electron chi connectivity index (χ0n) is 12.7. The number of piperidine rings is 1. The van der Waals surface area contributed by atoms with E-state index in [1.807, 2.05) is 0 Å². The van der Waals surface area contributed by atoms with Gasteiger partial charge in [0.15, 0.2) is 0 Å². The molecule has 2 heterocycles. The lowest BCUT2D eigenvalue weighted by Crippen LogP contribution is -2.54. The highest BCUT2D eigenvalue weighted by atomic mass is 32.2. The Kier molecular flexibility index (Phi) is 5.16. The molecule has 0 aromatic rings. The van der Waals surface area contributed by atoms with Crippen molar-refractivity contribution in [2.45, 2.75) is 50.6 Å². The Morgan fingerprint density at radius 2 is 1.86 bits per heavy atom. The molecule has 0 radical (unpaired) electrons. The van der Waals surface area contributed by atoms with E-state index in [9.17, 15) is 8.42 Å². The lowest BCUT2D eigenvalue weighted by atomic mass is 10.1. The van der Waals surface area contributed by atoms with Crippen molar-refractivity contribution in [3.05, 3.63) is 0 Å². The SMILES string of the molecule is O=S(=O)(N1CCCOCC1)N1CCCCC1CNC1CC1. The smallest absolute Gasteiger partial charge is 0.282 e. The third-order valence-electron chi connectivity index (χ3n) is 4.60. The van der Waals surface area contributed by atoms with Crippen molar-refractivity contribution in [2.75, 3.05) is 39.4 Å². The minimum absolute atomic E-state index is 0.119. The van der Waals surface area contributed by atoms with E-state index in [0.29, 0.717) is 38.9 Å². The molecular weight excluding hydrogens is 290 g/mol. The van der Waals surface area contributed by atoms with Crippen LogP contribution in [-0.4, -0.2) is 68.5 Å². The molecule has 3 aliphatic rings. The van der Waals surface area contributed by atoms with Crippen molar-refractivity contribution in [2.24, 2.45) is 0 Å². The van der Waals surface area contributed by atoms with Crippen LogP contribution in [0.2, 0.25) is 0 Å². The fraction of sp³-hybridized carbons (Fsp3) is 1.00. The van der Waals surface area contributed by atoms with Crippen LogP contribution in [-0.2, 0) is 14.9 Å². The molecule has 6 nitrogen and oxygen atoms in total. The lowest BCUT2D eigenvalue weighted by molar-refractivity contribution is 0.146. The minimum atomic E-state index is -3.34. The summed E-state index contributed by atoms with van der Waals surface area (Å²) >= 11 is 0. The Morgan fingerprint density at radius 1 is 1.00 bits per heavy atom. The Bertz CT molecular complexity index is 431. The molecule has 1 aliphatic carbocycles. The Balaban J connectivity index is 1.67. The van der Waals surface area contributed by atoms with Crippen molar-refractivity contribution in [1.82, 2.24) is 13.9 Å². The van der Waals surface area contributed by atoms with Crippen LogP contribution in [0, 0.1) is 0 Å². The van der Waals surface area contributed by atoms with E-state index in [1.165, 1.54) is 12.8 Å². The molecule has 1 atom stereocenters. The zero-order valence-corrected chi connectivity index (χ0v) is 13.5. The van der Waals surface area contributed by atoms with Gasteiger partial charge in [0, 0.05) is 44.9 Å². The van der Waals surface area contributed by atoms with Crippen LogP contribution in [0.1, 0.15) is 38.5 Å². The van der Waals surface area contributed by atoms with E-state index in [0.717, 1.165) is 32.2 Å². The summed E-state index contributed by atoms with van der Waals surface area (Å²) < 4.78 is 34.6. The molecule has 0 aromatic carbocycles. The second-order valence-electron chi connectivity index (χ2n) is 6.32. The van der Waals surface area contributed by atoms with E-state index in [1.54, 1.807) is 8.61 Å². The van der Waals surface area contributed by atoms with E-state index < -0.39 is 10.2 Å². The molecule has 0 aromatic heterocycles. The van der Waals surface area contributed by atoms with Crippen LogP contribution in [0.15, 0.2) is 0 Å². The van der Waals surface area contributed by atoms with E-state index in [4.69, 9.17) is 4.74 Å². The van der Waals surface area contributed by atoms with Crippen molar-refractivity contribution in [3.63, 3.8) is 0 Å². The average Bonchev–Trinajstić information content (AvgIpc) is 3.32. The summed E-state index contributed by atoms with van der Waals surface area (Å²) in [5.41, 5.74) is 0. The van der Waals surface area contributed by atoms with Crippen LogP contribution < -0.4 is 5.32 Å². The predicted octanol–water partition coefficient (Wildman–Crippen LogP) is 0.560. The lowest BCUT2D eigenvalue weighted by Gasteiger charge is -2.37. The average molecular weight is 317 g/mol. The third-order valence-corrected chi connectivity index (χ3v) is 6.69. The van der Waals surface area contributed by atoms with Gasteiger partial charge in [-0.1, -0.05) is 6.42 Å². The number of nitrogens with one attached hydrogen (secondary N) is 1. The van der Waals surface area contributed by atoms with Gasteiger partial charge in [-0.2, -0.15) is 17.0 Å². The van der Waals surface area contributed by atoms with Gasteiger partial charge in [0.2, 0.25) is 0 Å². The molecule has 3 fully saturated rings. The maximum absolute atomic E-state index is 12.9. The fourth-order valence-corrected chi connectivity index (χ4v) is 5.05. The molecule has 0 spiro atoms. The Labute approximate surface area is 128 Å². The van der Waals surface area contributed by atoms with Gasteiger partial charge in [-0.25, -0.2) is 0 Å². The summed E-state index contributed by atoms with van der Waals surface area (Å²) in [6.45, 7) is 3.71. The van der Waals surface area contributed by atoms with Gasteiger partial charge in [0.25, 0.3) is 10.2 Å². The highest BCUT2D eigenvalue weighted by molar-refractivity contribution is 7.86. The molecule has 1 N–H and O–H groups in total. The normalized spacial score (nSPS) is 30.2. The summed E-state index contributed by atoms with van der Waals surface area (Å²) in [5.74, 6) is 0. The standard InChI is InChI=1S/C14H27N3O3S/c18-21(19,16-7-3-10-20-11-9-16)17-8-2-1-4-14(17)12-15-13-5-6-13/h13-15H,1-12H2. The number of rotatable bonds is 5. The Morgan fingerprint density at radius 3 is 2.67 bits per heavy atom. The van der Waals surface area contributed by atoms with Crippen LogP contribution in [0.4, 0.5) is 0 Å². The monoisotopic (exact) mass is 317 g/mol. The molecule has 3 rings (SSSR count). The molecular formula is C14H27N3O3S. The fourth-order valence-electron chi connectivity index (χ4n) is 3.17. The molecule has 122 valence electrons. The highest BCUT2D eigenvalue weighted by Crippen LogP contribution is 2.25. The quantitative estimate of drug-likeness (QED) is 0.805. The summed E-state index contributed by atoms with van der Waals surface area (Å²) in [5, 5.41) is 3.49. The summed E-state index contributed by atoms with van der Waals surface area (Å²) in [6.07, 6.45) is 6.35. The van der Waals surface area contributed by atoms with Gasteiger partial charge in [0.1, 0.15) is 0 Å². The molecule has 2 aliphatic heterocycles. The first kappa shape index (κ1) is 15.7. The zero-order chi connectivity index (χ0) is 14.7. The Hall–Kier alpha value is -0.210. The maximum atomic E-state index is 12.9. The van der Waals surface area contributed by atoms with E-state index >= 15 is 0 Å². The first-order valence-electron chi connectivity index (χ1n) is 8.26. The van der Waals surface area contributed by atoms with Crippen LogP contribution in [0.5, 0.6) is 0 Å². The number of ether oxygens (including phenoxy) is 1. The summed E-state index contributed by atoms with van der Waals surface area (Å²) in [4.78, 5) is 0. The van der Waals surface area contributed by atoms with Gasteiger partial charge in [-0.15, -0.1) is 0 Å². The first-order chi connectivity index (χ1) is 10.2. The second-order valence-corrected chi connectivity index (χ2v) is 8.20. The molecule has 2 saturated heterocycles. The molecule has 7 heteroatoms. The molecule has 1 unspecified atom stereocenters. The van der Waals surface area contributed by atoms with Crippen molar-refractivity contribution < 1.29 is 13.2 Å². The van der Waals surface area contributed by atoms with Crippen molar-refractivity contribution in [1.29, 1.82) is 0 Å². The van der Waals surface area contributed by atoms with Gasteiger partial charge >= 0.3 is 0 Å². The van der Waals surface area contributed by atoms with Crippen LogP contribution in [0.3, 0.4) is 0 Å². The molecule has 21 heavy (non-hydrogen) atoms. The van der Waals surface area contributed by atoms with Crippen LogP contribution >= 0.6 is 0 Å². The summed E-state index contributed by atoms with van der Waals surface area (Å²) in [7, 11) is -3.34. The number of hydrogen-bond acceptors (Lipinski definition) is 4. The highest BCUT2D eigenvalue weighted by Gasteiger charge is 2.37. The second kappa shape index (κ2) is 6.91. The first-order valence-corrected chi connectivity index (χ1v) is 9.65. The molecule has 0 amide bonds. The van der Waals surface area contributed by atoms with Crippen molar-refractivity contribution in [3.8, 4) is 0 Å². The summed E-state index contributed by atoms with van der Waals surface area (Å²) in [6, 6.07) is 0.747. The molecule has 0 bridgehead atoms. The third kappa shape index (κ3) is 3.96. The molecule has 1 saturated carbocycles. The maximum Gasteiger partial charge on any atom is 0.282 e. The van der Waals surface area contributed by atoms with E-state index in [-0.39, 0.29) is 6.04 Å². The predicted molar refractivity (Wildman–Crippen MR) is 81.3 cm³/mol. The van der Waals surface area contributed by atoms with Crippen molar-refractivity contribution >= 4 is 10.2 Å². The van der Waals surface area contributed by atoms with Gasteiger partial charge in [-0.05, 0) is 32.1 Å². The van der Waals surface area contributed by atoms with Gasteiger partial charge in [-0.3, -0.25) is 0 Å². The van der Waals surface area contributed by atoms with Crippen LogP contribution in [0.25, 0.3) is 0 Å². The number of hydrogen-bond donors (Lipinski definition) is 1. The van der Waals surface area contributed by atoms with Gasteiger partial charge < -0.3 is 10.1 Å². The number of nitrogens with zero attached hydrogens (tertiary/aromatic N) is 2. The minimum Gasteiger partial charge on any atom is -0.380 e. The van der Waals surface area contributed by atoms with E-state index in [2.05, 4.69) is 5.32 Å². The van der Waals surface area contributed by atoms with Gasteiger partial charge in [0.05, 0.1) is 6.61 Å². The largest absolute Gasteiger partial charge is 0.380 e.